The summed E-state index contributed by atoms with van der Waals surface area (Å²) in [4.78, 5) is 3.85. The maximum absolute atomic E-state index is 8.48. The molecule has 3 heteroatoms. The van der Waals surface area contributed by atoms with Crippen LogP contribution in [0, 0.1) is 0 Å². The Morgan fingerprint density at radius 3 is 2.56 bits per heavy atom. The molecule has 0 aliphatic carbocycles. The topological polar surface area (TPSA) is 33.1 Å². The zero-order valence-electron chi connectivity index (χ0n) is 4.41. The predicted octanol–water partition coefficient (Wildman–Crippen LogP) is -0.610. The second-order valence-corrected chi connectivity index (χ2v) is 1.48. The first kappa shape index (κ1) is 8.64. The van der Waals surface area contributed by atoms with Crippen LogP contribution >= 0.6 is 0 Å². The van der Waals surface area contributed by atoms with Gasteiger partial charge < -0.3 is 5.11 Å². The highest BCUT2D eigenvalue weighted by Crippen LogP contribution is 1.89. The zero-order chi connectivity index (χ0) is 5.82. The van der Waals surface area contributed by atoms with E-state index in [2.05, 4.69) is 4.98 Å². The summed E-state index contributed by atoms with van der Waals surface area (Å²) in [5.74, 6) is 0. The summed E-state index contributed by atoms with van der Waals surface area (Å²) < 4.78 is 0. The van der Waals surface area contributed by atoms with Crippen molar-refractivity contribution in [3.63, 3.8) is 0 Å². The first-order valence-corrected chi connectivity index (χ1v) is 2.44. The van der Waals surface area contributed by atoms with Crippen molar-refractivity contribution in [2.24, 2.45) is 0 Å². The predicted molar refractivity (Wildman–Crippen MR) is 40.1 cm³/mol. The SMILES string of the molecule is OCc1ccccn1.[AlH3]. The molecule has 0 radical (unpaired) electrons. The third kappa shape index (κ3) is 2.62. The Labute approximate surface area is 64.7 Å². The molecule has 1 N–H and O–H groups in total. The number of nitrogens with zero attached hydrogens (tertiary/aromatic N) is 1. The molecule has 0 aliphatic rings. The van der Waals surface area contributed by atoms with Gasteiger partial charge in [-0.05, 0) is 12.1 Å². The highest BCUT2D eigenvalue weighted by atomic mass is 27.0. The fourth-order valence-corrected chi connectivity index (χ4v) is 0.492. The second kappa shape index (κ2) is 4.51. The van der Waals surface area contributed by atoms with Crippen LogP contribution in [0.4, 0.5) is 0 Å². The highest BCUT2D eigenvalue weighted by molar-refractivity contribution is 5.75. The van der Waals surface area contributed by atoms with Gasteiger partial charge in [-0.15, -0.1) is 0 Å². The molecular formula is C6H10AlNO. The number of hydrogen-bond donors (Lipinski definition) is 1. The normalized spacial score (nSPS) is 8.11. The van der Waals surface area contributed by atoms with Gasteiger partial charge in [0.05, 0.1) is 12.3 Å². The van der Waals surface area contributed by atoms with E-state index in [4.69, 9.17) is 5.11 Å². The summed E-state index contributed by atoms with van der Waals surface area (Å²) >= 11 is 0. The molecule has 1 heterocycles. The maximum Gasteiger partial charge on any atom is 0.187 e. The molecule has 0 saturated carbocycles. The van der Waals surface area contributed by atoms with Gasteiger partial charge in [0.1, 0.15) is 0 Å². The Morgan fingerprint density at radius 2 is 2.22 bits per heavy atom. The molecular weight excluding hydrogens is 129 g/mol. The lowest BCUT2D eigenvalue weighted by molar-refractivity contribution is 0.277. The second-order valence-electron chi connectivity index (χ2n) is 1.48. The molecule has 0 aromatic carbocycles. The molecule has 0 aliphatic heterocycles. The minimum absolute atomic E-state index is 0. The van der Waals surface area contributed by atoms with E-state index < -0.39 is 0 Å². The van der Waals surface area contributed by atoms with Crippen molar-refractivity contribution in [3.05, 3.63) is 30.1 Å². The molecule has 9 heavy (non-hydrogen) atoms. The van der Waals surface area contributed by atoms with Crippen LogP contribution < -0.4 is 0 Å². The minimum atomic E-state index is 0. The van der Waals surface area contributed by atoms with E-state index in [0.29, 0.717) is 5.69 Å². The van der Waals surface area contributed by atoms with E-state index in [1.54, 1.807) is 12.3 Å². The summed E-state index contributed by atoms with van der Waals surface area (Å²) in [7, 11) is 0. The van der Waals surface area contributed by atoms with Crippen LogP contribution in [0.1, 0.15) is 5.69 Å². The van der Waals surface area contributed by atoms with Gasteiger partial charge in [0.25, 0.3) is 0 Å². The molecule has 2 nitrogen and oxygen atoms in total. The third-order valence-electron chi connectivity index (χ3n) is 0.888. The van der Waals surface area contributed by atoms with E-state index in [9.17, 15) is 0 Å². The lowest BCUT2D eigenvalue weighted by Crippen LogP contribution is -1.84. The van der Waals surface area contributed by atoms with Crippen LogP contribution in [0.5, 0.6) is 0 Å². The number of hydrogen-bond acceptors (Lipinski definition) is 2. The minimum Gasteiger partial charge on any atom is -0.390 e. The fourth-order valence-electron chi connectivity index (χ4n) is 0.492. The molecule has 1 rings (SSSR count). The van der Waals surface area contributed by atoms with E-state index in [1.807, 2.05) is 12.1 Å². The van der Waals surface area contributed by atoms with Crippen LogP contribution in [0.2, 0.25) is 0 Å². The van der Waals surface area contributed by atoms with Gasteiger partial charge in [0.15, 0.2) is 17.4 Å². The van der Waals surface area contributed by atoms with Gasteiger partial charge in [-0.2, -0.15) is 0 Å². The zero-order valence-corrected chi connectivity index (χ0v) is 4.41. The molecule has 0 spiro atoms. The lowest BCUT2D eigenvalue weighted by atomic mass is 10.4. The molecule has 0 atom stereocenters. The van der Waals surface area contributed by atoms with Crippen LogP contribution in [-0.4, -0.2) is 27.5 Å². The molecule has 0 fully saturated rings. The first-order valence-electron chi connectivity index (χ1n) is 2.44. The summed E-state index contributed by atoms with van der Waals surface area (Å²) in [6, 6.07) is 5.44. The highest BCUT2D eigenvalue weighted by Gasteiger charge is 1.82. The van der Waals surface area contributed by atoms with Crippen LogP contribution in [-0.2, 0) is 6.61 Å². The van der Waals surface area contributed by atoms with Crippen LogP contribution in [0.15, 0.2) is 24.4 Å². The van der Waals surface area contributed by atoms with Crippen molar-refractivity contribution in [1.82, 2.24) is 4.98 Å². The first-order chi connectivity index (χ1) is 3.93. The Balaban J connectivity index is 0.000000640. The van der Waals surface area contributed by atoms with Crippen molar-refractivity contribution in [1.29, 1.82) is 0 Å². The standard InChI is InChI=1S/C6H7NO.Al.3H/c8-5-6-3-1-2-4-7-6;;;;/h1-4,8H,5H2;;;;. The molecule has 0 saturated heterocycles. The lowest BCUT2D eigenvalue weighted by Gasteiger charge is -1.88. The van der Waals surface area contributed by atoms with E-state index in [0.717, 1.165) is 0 Å². The van der Waals surface area contributed by atoms with Gasteiger partial charge in [-0.3, -0.25) is 4.98 Å². The van der Waals surface area contributed by atoms with Gasteiger partial charge >= 0.3 is 0 Å². The number of pyridine rings is 1. The van der Waals surface area contributed by atoms with Crippen molar-refractivity contribution in [2.45, 2.75) is 6.61 Å². The van der Waals surface area contributed by atoms with Gasteiger partial charge in [-0.1, -0.05) is 6.07 Å². The van der Waals surface area contributed by atoms with E-state index in [1.165, 1.54) is 0 Å². The van der Waals surface area contributed by atoms with Crippen LogP contribution in [0.25, 0.3) is 0 Å². The smallest absolute Gasteiger partial charge is 0.187 e. The van der Waals surface area contributed by atoms with Crippen molar-refractivity contribution < 1.29 is 5.11 Å². The van der Waals surface area contributed by atoms with E-state index >= 15 is 0 Å². The van der Waals surface area contributed by atoms with Crippen molar-refractivity contribution in [3.8, 4) is 0 Å². The largest absolute Gasteiger partial charge is 0.390 e. The summed E-state index contributed by atoms with van der Waals surface area (Å²) in [6.07, 6.45) is 1.66. The molecule has 0 bridgehead atoms. The van der Waals surface area contributed by atoms with Crippen molar-refractivity contribution in [2.75, 3.05) is 0 Å². The summed E-state index contributed by atoms with van der Waals surface area (Å²) in [6.45, 7) is 0.0286. The summed E-state index contributed by atoms with van der Waals surface area (Å²) in [5.41, 5.74) is 0.715. The number of aliphatic hydroxyl groups is 1. The fraction of sp³-hybridized carbons (Fsp3) is 0.167. The van der Waals surface area contributed by atoms with Crippen molar-refractivity contribution >= 4 is 17.4 Å². The molecule has 0 unspecified atom stereocenters. The molecule has 1 aromatic rings. The average Bonchev–Trinajstić information content (AvgIpc) is 1.90. The maximum atomic E-state index is 8.48. The molecule has 1 aromatic heterocycles. The van der Waals surface area contributed by atoms with Gasteiger partial charge in [0, 0.05) is 6.20 Å². The van der Waals surface area contributed by atoms with E-state index in [-0.39, 0.29) is 24.0 Å². The molecule has 0 amide bonds. The Hall–Kier alpha value is -0.358. The number of aliphatic hydroxyl groups excluding tert-OH is 1. The average molecular weight is 139 g/mol. The van der Waals surface area contributed by atoms with Crippen LogP contribution in [0.3, 0.4) is 0 Å². The molecule has 48 valence electrons. The van der Waals surface area contributed by atoms with Gasteiger partial charge in [-0.25, -0.2) is 0 Å². The number of rotatable bonds is 1. The monoisotopic (exact) mass is 139 g/mol. The third-order valence-corrected chi connectivity index (χ3v) is 0.888. The quantitative estimate of drug-likeness (QED) is 0.526. The Morgan fingerprint density at radius 1 is 1.44 bits per heavy atom. The number of aromatic nitrogens is 1. The summed E-state index contributed by atoms with van der Waals surface area (Å²) in [5, 5.41) is 8.48. The van der Waals surface area contributed by atoms with Gasteiger partial charge in [0.2, 0.25) is 0 Å². The Kier molecular flexibility index (Phi) is 4.34. The Bertz CT molecular complexity index is 154.